The van der Waals surface area contributed by atoms with Crippen molar-refractivity contribution in [1.82, 2.24) is 19.9 Å². The Balaban J connectivity index is 1.94. The summed E-state index contributed by atoms with van der Waals surface area (Å²) in [6, 6.07) is 3.25. The van der Waals surface area contributed by atoms with Crippen molar-refractivity contribution in [2.75, 3.05) is 0 Å². The Morgan fingerprint density at radius 1 is 1.32 bits per heavy atom. The molecule has 100 valence electrons. The van der Waals surface area contributed by atoms with Gasteiger partial charge in [0.2, 0.25) is 0 Å². The molecule has 2 unspecified atom stereocenters. The van der Waals surface area contributed by atoms with Crippen LogP contribution < -0.4 is 5.32 Å². The fourth-order valence-corrected chi connectivity index (χ4v) is 3.31. The Kier molecular flexibility index (Phi) is 2.14. The SMILES string of the molecule is CC(C)(C)c1cc2ncc3c(n2n1)CC1CCC3N1. The average molecular weight is 256 g/mol. The second kappa shape index (κ2) is 3.57. The minimum atomic E-state index is 0.0759. The normalized spacial score (nSPS) is 25.8. The van der Waals surface area contributed by atoms with Crippen molar-refractivity contribution in [2.24, 2.45) is 0 Å². The van der Waals surface area contributed by atoms with Crippen LogP contribution in [0.2, 0.25) is 0 Å². The third kappa shape index (κ3) is 1.62. The highest BCUT2D eigenvalue weighted by atomic mass is 15.3. The first kappa shape index (κ1) is 11.4. The lowest BCUT2D eigenvalue weighted by Gasteiger charge is -2.24. The van der Waals surface area contributed by atoms with Gasteiger partial charge >= 0.3 is 0 Å². The standard InChI is InChI=1S/C15H20N4/c1-15(2,3)13-7-14-16-8-10-11-5-4-9(17-11)6-12(10)19(14)18-13/h7-9,11,17H,4-6H2,1-3H3. The zero-order valence-corrected chi connectivity index (χ0v) is 11.8. The van der Waals surface area contributed by atoms with Crippen LogP contribution in [0.15, 0.2) is 12.3 Å². The molecule has 0 radical (unpaired) electrons. The van der Waals surface area contributed by atoms with E-state index in [0.29, 0.717) is 12.1 Å². The lowest BCUT2D eigenvalue weighted by Crippen LogP contribution is -2.33. The zero-order valence-electron chi connectivity index (χ0n) is 11.8. The van der Waals surface area contributed by atoms with Gasteiger partial charge in [-0.2, -0.15) is 5.10 Å². The van der Waals surface area contributed by atoms with E-state index in [9.17, 15) is 0 Å². The Labute approximate surface area is 113 Å². The maximum atomic E-state index is 4.82. The first-order chi connectivity index (χ1) is 9.02. The minimum absolute atomic E-state index is 0.0759. The summed E-state index contributed by atoms with van der Waals surface area (Å²) in [5.41, 5.74) is 4.91. The third-order valence-electron chi connectivity index (χ3n) is 4.44. The summed E-state index contributed by atoms with van der Waals surface area (Å²) in [6.45, 7) is 6.60. The third-order valence-corrected chi connectivity index (χ3v) is 4.44. The molecule has 4 heterocycles. The van der Waals surface area contributed by atoms with Gasteiger partial charge in [0.1, 0.15) is 0 Å². The molecule has 1 N–H and O–H groups in total. The summed E-state index contributed by atoms with van der Waals surface area (Å²) >= 11 is 0. The van der Waals surface area contributed by atoms with E-state index in [4.69, 9.17) is 5.10 Å². The van der Waals surface area contributed by atoms with Crippen molar-refractivity contribution in [3.63, 3.8) is 0 Å². The van der Waals surface area contributed by atoms with E-state index in [2.05, 4.69) is 47.9 Å². The van der Waals surface area contributed by atoms with Crippen molar-refractivity contribution < 1.29 is 0 Å². The second-order valence-electron chi connectivity index (χ2n) is 6.91. The van der Waals surface area contributed by atoms with Crippen LogP contribution in [0.3, 0.4) is 0 Å². The molecular formula is C15H20N4. The predicted octanol–water partition coefficient (Wildman–Crippen LogP) is 2.38. The van der Waals surface area contributed by atoms with Crippen molar-refractivity contribution >= 4 is 5.65 Å². The van der Waals surface area contributed by atoms with E-state index >= 15 is 0 Å². The Hall–Kier alpha value is -1.42. The van der Waals surface area contributed by atoms with Crippen molar-refractivity contribution in [3.05, 3.63) is 29.2 Å². The van der Waals surface area contributed by atoms with Gasteiger partial charge in [-0.05, 0) is 12.8 Å². The quantitative estimate of drug-likeness (QED) is 0.787. The fourth-order valence-electron chi connectivity index (χ4n) is 3.31. The minimum Gasteiger partial charge on any atom is -0.307 e. The number of aromatic nitrogens is 3. The maximum absolute atomic E-state index is 4.82. The summed E-state index contributed by atoms with van der Waals surface area (Å²) in [4.78, 5) is 4.61. The number of hydrogen-bond donors (Lipinski definition) is 1. The average Bonchev–Trinajstić information content (AvgIpc) is 2.93. The van der Waals surface area contributed by atoms with Gasteiger partial charge in [-0.1, -0.05) is 20.8 Å². The summed E-state index contributed by atoms with van der Waals surface area (Å²) < 4.78 is 2.09. The maximum Gasteiger partial charge on any atom is 0.155 e. The van der Waals surface area contributed by atoms with Crippen LogP contribution in [0, 0.1) is 0 Å². The molecule has 2 aliphatic heterocycles. The first-order valence-electron chi connectivity index (χ1n) is 7.16. The number of nitrogens with zero attached hydrogens (tertiary/aromatic N) is 3. The van der Waals surface area contributed by atoms with E-state index < -0.39 is 0 Å². The van der Waals surface area contributed by atoms with Gasteiger partial charge in [0.15, 0.2) is 5.65 Å². The van der Waals surface area contributed by atoms with Gasteiger partial charge in [-0.15, -0.1) is 0 Å². The van der Waals surface area contributed by atoms with E-state index in [0.717, 1.165) is 17.8 Å². The molecule has 0 saturated carbocycles. The van der Waals surface area contributed by atoms with Crippen LogP contribution >= 0.6 is 0 Å². The molecule has 1 fully saturated rings. The number of fused-ring (bicyclic) bond motifs is 6. The summed E-state index contributed by atoms with van der Waals surface area (Å²) in [6.07, 6.45) is 5.64. The largest absolute Gasteiger partial charge is 0.307 e. The molecule has 4 rings (SSSR count). The molecule has 0 spiro atoms. The van der Waals surface area contributed by atoms with Gasteiger partial charge in [0.25, 0.3) is 0 Å². The molecule has 0 aromatic carbocycles. The van der Waals surface area contributed by atoms with Crippen LogP contribution in [0.1, 0.15) is 56.6 Å². The van der Waals surface area contributed by atoms with Crippen LogP contribution in [-0.2, 0) is 11.8 Å². The molecule has 19 heavy (non-hydrogen) atoms. The van der Waals surface area contributed by atoms with Gasteiger partial charge in [0.05, 0.1) is 11.4 Å². The predicted molar refractivity (Wildman–Crippen MR) is 74.3 cm³/mol. The monoisotopic (exact) mass is 256 g/mol. The van der Waals surface area contributed by atoms with Gasteiger partial charge in [-0.25, -0.2) is 9.50 Å². The van der Waals surface area contributed by atoms with E-state index in [-0.39, 0.29) is 5.41 Å². The lowest BCUT2D eigenvalue weighted by atomic mass is 9.93. The van der Waals surface area contributed by atoms with Crippen LogP contribution in [-0.4, -0.2) is 20.6 Å². The summed E-state index contributed by atoms with van der Waals surface area (Å²) in [5, 5.41) is 8.49. The molecule has 1 saturated heterocycles. The van der Waals surface area contributed by atoms with Gasteiger partial charge in [0, 0.05) is 41.7 Å². The van der Waals surface area contributed by atoms with Crippen LogP contribution in [0.25, 0.3) is 5.65 Å². The van der Waals surface area contributed by atoms with E-state index in [1.807, 2.05) is 0 Å². The molecule has 0 amide bonds. The van der Waals surface area contributed by atoms with Gasteiger partial charge < -0.3 is 5.32 Å². The van der Waals surface area contributed by atoms with Crippen molar-refractivity contribution in [1.29, 1.82) is 0 Å². The number of rotatable bonds is 0. The summed E-state index contributed by atoms with van der Waals surface area (Å²) in [7, 11) is 0. The topological polar surface area (TPSA) is 42.2 Å². The van der Waals surface area contributed by atoms with Crippen molar-refractivity contribution in [2.45, 2.75) is 57.5 Å². The Morgan fingerprint density at radius 2 is 2.16 bits per heavy atom. The molecule has 2 bridgehead atoms. The van der Waals surface area contributed by atoms with E-state index in [1.54, 1.807) is 0 Å². The van der Waals surface area contributed by atoms with Gasteiger partial charge in [-0.3, -0.25) is 0 Å². The zero-order chi connectivity index (χ0) is 13.2. The highest BCUT2D eigenvalue weighted by Gasteiger charge is 2.34. The molecule has 4 heteroatoms. The number of hydrogen-bond acceptors (Lipinski definition) is 3. The lowest BCUT2D eigenvalue weighted by molar-refractivity contribution is 0.492. The Bertz CT molecular complexity index is 650. The molecule has 2 aromatic heterocycles. The molecule has 2 atom stereocenters. The fraction of sp³-hybridized carbons (Fsp3) is 0.600. The molecule has 0 aliphatic carbocycles. The summed E-state index contributed by atoms with van der Waals surface area (Å²) in [5.74, 6) is 0. The Morgan fingerprint density at radius 3 is 2.95 bits per heavy atom. The smallest absolute Gasteiger partial charge is 0.155 e. The first-order valence-corrected chi connectivity index (χ1v) is 7.16. The number of nitrogens with one attached hydrogen (secondary N) is 1. The van der Waals surface area contributed by atoms with Crippen LogP contribution in [0.4, 0.5) is 0 Å². The second-order valence-corrected chi connectivity index (χ2v) is 6.91. The van der Waals surface area contributed by atoms with E-state index in [1.165, 1.54) is 24.1 Å². The van der Waals surface area contributed by atoms with Crippen molar-refractivity contribution in [3.8, 4) is 0 Å². The highest BCUT2D eigenvalue weighted by Crippen LogP contribution is 2.35. The molecule has 4 nitrogen and oxygen atoms in total. The molecule has 2 aliphatic rings. The molecular weight excluding hydrogens is 236 g/mol. The molecule has 2 aromatic rings. The van der Waals surface area contributed by atoms with Crippen LogP contribution in [0.5, 0.6) is 0 Å². The highest BCUT2D eigenvalue weighted by molar-refractivity contribution is 5.45.